The van der Waals surface area contributed by atoms with Crippen molar-refractivity contribution >= 4 is 11.6 Å². The number of aromatic nitrogens is 2. The maximum absolute atomic E-state index is 12.2. The molecule has 1 aliphatic rings. The van der Waals surface area contributed by atoms with E-state index in [1.807, 2.05) is 25.1 Å². The molecule has 0 aliphatic carbocycles. The van der Waals surface area contributed by atoms with Crippen LogP contribution in [-0.4, -0.2) is 41.9 Å². The number of ether oxygens (including phenoxy) is 1. The van der Waals surface area contributed by atoms with Crippen LogP contribution < -0.4 is 10.6 Å². The molecular formula is C14H16N4O3. The van der Waals surface area contributed by atoms with Crippen molar-refractivity contribution in [3.63, 3.8) is 0 Å². The Kier molecular flexibility index (Phi) is 3.94. The van der Waals surface area contributed by atoms with Gasteiger partial charge in [-0.25, -0.2) is 0 Å². The predicted octanol–water partition coefficient (Wildman–Crippen LogP) is 0.972. The highest BCUT2D eigenvalue weighted by molar-refractivity contribution is 5.95. The quantitative estimate of drug-likeness (QED) is 0.875. The lowest BCUT2D eigenvalue weighted by Gasteiger charge is -2.23. The third-order valence-corrected chi connectivity index (χ3v) is 3.32. The summed E-state index contributed by atoms with van der Waals surface area (Å²) < 4.78 is 10.6. The average Bonchev–Trinajstić information content (AvgIpc) is 3.04. The van der Waals surface area contributed by atoms with Crippen LogP contribution in [0.25, 0.3) is 11.5 Å². The van der Waals surface area contributed by atoms with Crippen LogP contribution in [-0.2, 0) is 9.53 Å². The number of nitrogens with one attached hydrogen (secondary N) is 2. The molecule has 0 radical (unpaired) electrons. The number of amides is 1. The molecule has 7 heteroatoms. The minimum Gasteiger partial charge on any atom is -0.423 e. The molecule has 1 aliphatic heterocycles. The van der Waals surface area contributed by atoms with Crippen molar-refractivity contribution in [2.45, 2.75) is 13.0 Å². The molecule has 110 valence electrons. The second-order valence-corrected chi connectivity index (χ2v) is 4.83. The molecule has 0 saturated carbocycles. The number of nitrogens with zero attached hydrogens (tertiary/aromatic N) is 2. The van der Waals surface area contributed by atoms with Gasteiger partial charge in [-0.15, -0.1) is 10.2 Å². The zero-order valence-corrected chi connectivity index (χ0v) is 11.6. The number of aryl methyl sites for hydroxylation is 1. The van der Waals surface area contributed by atoms with E-state index in [0.717, 1.165) is 17.7 Å². The van der Waals surface area contributed by atoms with Crippen LogP contribution in [0.2, 0.25) is 0 Å². The number of hydrogen-bond donors (Lipinski definition) is 2. The largest absolute Gasteiger partial charge is 0.423 e. The van der Waals surface area contributed by atoms with Gasteiger partial charge in [-0.3, -0.25) is 4.79 Å². The first kappa shape index (κ1) is 13.7. The highest BCUT2D eigenvalue weighted by atomic mass is 16.5. The Labute approximate surface area is 121 Å². The van der Waals surface area contributed by atoms with E-state index in [2.05, 4.69) is 20.8 Å². The summed E-state index contributed by atoms with van der Waals surface area (Å²) >= 11 is 0. The Morgan fingerprint density at radius 2 is 2.38 bits per heavy atom. The molecule has 1 fully saturated rings. The molecule has 2 N–H and O–H groups in total. The molecule has 7 nitrogen and oxygen atoms in total. The second kappa shape index (κ2) is 6.02. The number of carbonyl (C=O) groups is 1. The number of morpholine rings is 1. The number of benzene rings is 1. The minimum atomic E-state index is -0.467. The Morgan fingerprint density at radius 3 is 3.10 bits per heavy atom. The molecule has 1 amide bonds. The number of hydrogen-bond acceptors (Lipinski definition) is 6. The Bertz CT molecular complexity index is 621. The molecule has 1 aromatic heterocycles. The van der Waals surface area contributed by atoms with Crippen LogP contribution in [0.5, 0.6) is 0 Å². The molecule has 2 aromatic rings. The zero-order chi connectivity index (χ0) is 14.7. The van der Waals surface area contributed by atoms with Crippen LogP contribution in [0.4, 0.5) is 5.69 Å². The van der Waals surface area contributed by atoms with E-state index in [1.54, 1.807) is 0 Å². The molecule has 0 spiro atoms. The van der Waals surface area contributed by atoms with Crippen molar-refractivity contribution < 1.29 is 13.9 Å². The average molecular weight is 288 g/mol. The molecule has 0 bridgehead atoms. The van der Waals surface area contributed by atoms with Crippen LogP contribution in [0, 0.1) is 6.92 Å². The van der Waals surface area contributed by atoms with E-state index in [-0.39, 0.29) is 5.91 Å². The first-order valence-electron chi connectivity index (χ1n) is 6.74. The Balaban J connectivity index is 1.78. The van der Waals surface area contributed by atoms with Gasteiger partial charge in [0.05, 0.1) is 6.61 Å². The molecule has 1 unspecified atom stereocenters. The van der Waals surface area contributed by atoms with Crippen molar-refractivity contribution in [1.82, 2.24) is 15.5 Å². The van der Waals surface area contributed by atoms with Gasteiger partial charge in [0.1, 0.15) is 6.10 Å². The SMILES string of the molecule is Cc1ccc(-c2nnco2)cc1NC(=O)C1CNCCO1. The van der Waals surface area contributed by atoms with E-state index in [4.69, 9.17) is 9.15 Å². The van der Waals surface area contributed by atoms with Gasteiger partial charge >= 0.3 is 0 Å². The van der Waals surface area contributed by atoms with Crippen LogP contribution in [0.15, 0.2) is 29.0 Å². The minimum absolute atomic E-state index is 0.159. The van der Waals surface area contributed by atoms with Crippen molar-refractivity contribution in [1.29, 1.82) is 0 Å². The molecule has 1 saturated heterocycles. The third kappa shape index (κ3) is 3.09. The van der Waals surface area contributed by atoms with E-state index in [1.165, 1.54) is 6.39 Å². The normalized spacial score (nSPS) is 18.4. The van der Waals surface area contributed by atoms with Gasteiger partial charge in [-0.05, 0) is 24.6 Å². The fourth-order valence-corrected chi connectivity index (χ4v) is 2.14. The topological polar surface area (TPSA) is 89.3 Å². The number of carbonyl (C=O) groups excluding carboxylic acids is 1. The lowest BCUT2D eigenvalue weighted by Crippen LogP contribution is -2.45. The zero-order valence-electron chi connectivity index (χ0n) is 11.6. The van der Waals surface area contributed by atoms with E-state index in [9.17, 15) is 4.79 Å². The molecule has 21 heavy (non-hydrogen) atoms. The van der Waals surface area contributed by atoms with E-state index < -0.39 is 6.10 Å². The van der Waals surface area contributed by atoms with Gasteiger partial charge in [0.25, 0.3) is 5.91 Å². The third-order valence-electron chi connectivity index (χ3n) is 3.32. The fraction of sp³-hybridized carbons (Fsp3) is 0.357. The molecule has 1 aromatic carbocycles. The summed E-state index contributed by atoms with van der Waals surface area (Å²) in [6, 6.07) is 5.59. The monoisotopic (exact) mass is 288 g/mol. The van der Waals surface area contributed by atoms with Gasteiger partial charge in [0.15, 0.2) is 0 Å². The van der Waals surface area contributed by atoms with Gasteiger partial charge in [0, 0.05) is 24.3 Å². The van der Waals surface area contributed by atoms with Gasteiger partial charge in [-0.2, -0.15) is 0 Å². The Morgan fingerprint density at radius 1 is 1.48 bits per heavy atom. The maximum atomic E-state index is 12.2. The predicted molar refractivity (Wildman–Crippen MR) is 75.7 cm³/mol. The summed E-state index contributed by atoms with van der Waals surface area (Å²) in [5, 5.41) is 13.5. The fourth-order valence-electron chi connectivity index (χ4n) is 2.14. The van der Waals surface area contributed by atoms with Gasteiger partial charge in [0.2, 0.25) is 12.3 Å². The van der Waals surface area contributed by atoms with Crippen LogP contribution in [0.3, 0.4) is 0 Å². The number of rotatable bonds is 3. The summed E-state index contributed by atoms with van der Waals surface area (Å²) in [6.07, 6.45) is 0.805. The smallest absolute Gasteiger partial charge is 0.254 e. The highest BCUT2D eigenvalue weighted by Gasteiger charge is 2.22. The lowest BCUT2D eigenvalue weighted by molar-refractivity contribution is -0.128. The van der Waals surface area contributed by atoms with Crippen molar-refractivity contribution in [3.8, 4) is 11.5 Å². The molecule has 2 heterocycles. The van der Waals surface area contributed by atoms with Crippen molar-refractivity contribution in [3.05, 3.63) is 30.2 Å². The molecular weight excluding hydrogens is 272 g/mol. The standard InChI is InChI=1S/C14H16N4O3/c1-9-2-3-10(14-18-16-8-21-14)6-11(9)17-13(19)12-7-15-4-5-20-12/h2-3,6,8,12,15H,4-5,7H2,1H3,(H,17,19). The summed E-state index contributed by atoms with van der Waals surface area (Å²) in [5.74, 6) is 0.258. The van der Waals surface area contributed by atoms with Crippen molar-refractivity contribution in [2.75, 3.05) is 25.0 Å². The highest BCUT2D eigenvalue weighted by Crippen LogP contribution is 2.24. The van der Waals surface area contributed by atoms with Crippen molar-refractivity contribution in [2.24, 2.45) is 0 Å². The number of anilines is 1. The summed E-state index contributed by atoms with van der Waals surface area (Å²) in [6.45, 7) is 3.76. The van der Waals surface area contributed by atoms with Crippen LogP contribution in [0.1, 0.15) is 5.56 Å². The summed E-state index contributed by atoms with van der Waals surface area (Å²) in [4.78, 5) is 12.2. The second-order valence-electron chi connectivity index (χ2n) is 4.83. The van der Waals surface area contributed by atoms with Gasteiger partial charge in [-0.1, -0.05) is 6.07 Å². The molecule has 1 atom stereocenters. The summed E-state index contributed by atoms with van der Waals surface area (Å²) in [7, 11) is 0. The maximum Gasteiger partial charge on any atom is 0.254 e. The van der Waals surface area contributed by atoms with E-state index >= 15 is 0 Å². The molecule has 3 rings (SSSR count). The first-order chi connectivity index (χ1) is 10.2. The first-order valence-corrected chi connectivity index (χ1v) is 6.74. The lowest BCUT2D eigenvalue weighted by atomic mass is 10.1. The van der Waals surface area contributed by atoms with E-state index in [0.29, 0.717) is 24.7 Å². The summed E-state index contributed by atoms with van der Waals surface area (Å²) in [5.41, 5.74) is 2.43. The Hall–Kier alpha value is -2.25. The van der Waals surface area contributed by atoms with Gasteiger partial charge < -0.3 is 19.8 Å². The van der Waals surface area contributed by atoms with Crippen LogP contribution >= 0.6 is 0 Å².